The fourth-order valence-corrected chi connectivity index (χ4v) is 4.64. The van der Waals surface area contributed by atoms with Crippen LogP contribution in [0, 0.1) is 5.82 Å². The predicted molar refractivity (Wildman–Crippen MR) is 96.4 cm³/mol. The molecule has 1 N–H and O–H groups in total. The van der Waals surface area contributed by atoms with Gasteiger partial charge in [0.25, 0.3) is 5.91 Å². The monoisotopic (exact) mass is 393 g/mol. The minimum atomic E-state index is -3.62. The molecule has 144 valence electrons. The zero-order valence-corrected chi connectivity index (χ0v) is 15.4. The predicted octanol–water partition coefficient (Wildman–Crippen LogP) is 1.77. The first-order chi connectivity index (χ1) is 12.9. The molecule has 0 radical (unpaired) electrons. The second-order valence-corrected chi connectivity index (χ2v) is 8.57. The lowest BCUT2D eigenvalue weighted by molar-refractivity contribution is -0.132. The van der Waals surface area contributed by atoms with Crippen molar-refractivity contribution in [1.82, 2.24) is 4.90 Å². The van der Waals surface area contributed by atoms with Crippen LogP contribution in [-0.2, 0) is 21.2 Å². The molecule has 1 saturated heterocycles. The number of nitrogens with zero attached hydrogens (tertiary/aromatic N) is 1. The summed E-state index contributed by atoms with van der Waals surface area (Å²) < 4.78 is 43.7. The van der Waals surface area contributed by atoms with Crippen LogP contribution in [0.4, 0.5) is 4.39 Å². The van der Waals surface area contributed by atoms with Crippen LogP contribution in [0.5, 0.6) is 5.75 Å². The summed E-state index contributed by atoms with van der Waals surface area (Å²) in [5.41, 5.74) is 0.738. The lowest BCUT2D eigenvalue weighted by Gasteiger charge is -2.17. The number of carbonyl (C=O) groups excluding carboxylic acids is 1. The fourth-order valence-electron chi connectivity index (χ4n) is 2.95. The highest BCUT2D eigenvalue weighted by atomic mass is 32.2. The molecule has 0 spiro atoms. The van der Waals surface area contributed by atoms with Crippen molar-refractivity contribution < 1.29 is 27.4 Å². The van der Waals surface area contributed by atoms with Gasteiger partial charge in [-0.05, 0) is 48.4 Å². The minimum Gasteiger partial charge on any atom is -0.484 e. The van der Waals surface area contributed by atoms with Gasteiger partial charge in [-0.2, -0.15) is 0 Å². The second-order valence-electron chi connectivity index (χ2n) is 6.34. The third kappa shape index (κ3) is 4.45. The molecule has 6 nitrogen and oxygen atoms in total. The number of benzene rings is 2. The molecule has 1 aliphatic rings. The van der Waals surface area contributed by atoms with E-state index in [4.69, 9.17) is 9.84 Å². The molecule has 0 saturated carbocycles. The lowest BCUT2D eigenvalue weighted by Crippen LogP contribution is -2.35. The Kier molecular flexibility index (Phi) is 5.76. The molecule has 1 atom stereocenters. The van der Waals surface area contributed by atoms with Gasteiger partial charge in [0.2, 0.25) is 0 Å². The van der Waals surface area contributed by atoms with Gasteiger partial charge in [0.1, 0.15) is 11.6 Å². The van der Waals surface area contributed by atoms with Gasteiger partial charge in [0, 0.05) is 13.1 Å². The third-order valence-corrected chi connectivity index (χ3v) is 6.74. The Hall–Kier alpha value is -2.45. The summed E-state index contributed by atoms with van der Waals surface area (Å²) in [5.74, 6) is -0.297. The molecule has 1 aliphatic heterocycles. The maximum absolute atomic E-state index is 13.0. The summed E-state index contributed by atoms with van der Waals surface area (Å²) >= 11 is 0. The Labute approximate surface area is 157 Å². The smallest absolute Gasteiger partial charge is 0.260 e. The average Bonchev–Trinajstić information content (AvgIpc) is 3.18. The van der Waals surface area contributed by atoms with Crippen LogP contribution in [0.15, 0.2) is 53.4 Å². The van der Waals surface area contributed by atoms with Gasteiger partial charge in [-0.25, -0.2) is 12.8 Å². The summed E-state index contributed by atoms with van der Waals surface area (Å²) in [7, 11) is -3.62. The van der Waals surface area contributed by atoms with E-state index in [1.165, 1.54) is 17.0 Å². The zero-order chi connectivity index (χ0) is 19.4. The first kappa shape index (κ1) is 19.3. The van der Waals surface area contributed by atoms with Gasteiger partial charge in [0.15, 0.2) is 16.4 Å². The number of hydrogen-bond donors (Lipinski definition) is 1. The number of halogens is 1. The van der Waals surface area contributed by atoms with Gasteiger partial charge < -0.3 is 14.7 Å². The molecule has 1 fully saturated rings. The molecule has 1 heterocycles. The largest absolute Gasteiger partial charge is 0.484 e. The van der Waals surface area contributed by atoms with Gasteiger partial charge in [-0.1, -0.05) is 12.1 Å². The van der Waals surface area contributed by atoms with Crippen LogP contribution < -0.4 is 4.74 Å². The summed E-state index contributed by atoms with van der Waals surface area (Å²) in [5, 5.41) is 8.30. The maximum Gasteiger partial charge on any atom is 0.260 e. The molecule has 8 heteroatoms. The van der Waals surface area contributed by atoms with E-state index in [0.29, 0.717) is 18.7 Å². The average molecular weight is 393 g/mol. The number of sulfone groups is 1. The van der Waals surface area contributed by atoms with Crippen LogP contribution in [0.2, 0.25) is 0 Å². The third-order valence-electron chi connectivity index (χ3n) is 4.55. The van der Waals surface area contributed by atoms with Crippen LogP contribution in [0.3, 0.4) is 0 Å². The van der Waals surface area contributed by atoms with Crippen molar-refractivity contribution in [2.24, 2.45) is 0 Å². The first-order valence-electron chi connectivity index (χ1n) is 8.50. The topological polar surface area (TPSA) is 83.9 Å². The van der Waals surface area contributed by atoms with Crippen molar-refractivity contribution in [1.29, 1.82) is 0 Å². The standard InChI is InChI=1S/C19H20FNO5S/c20-15-3-7-17(8-4-15)27(24,25)18-9-10-21(11-18)19(23)13-26-16-5-1-14(12-22)2-6-16/h1-8,18,22H,9-13H2. The summed E-state index contributed by atoms with van der Waals surface area (Å²) in [6, 6.07) is 11.4. The second kappa shape index (κ2) is 8.06. The van der Waals surface area contributed by atoms with E-state index in [-0.39, 0.29) is 30.6 Å². The van der Waals surface area contributed by atoms with E-state index in [0.717, 1.165) is 17.7 Å². The highest BCUT2D eigenvalue weighted by molar-refractivity contribution is 7.92. The normalized spacial score (nSPS) is 17.1. The summed E-state index contributed by atoms with van der Waals surface area (Å²) in [6.45, 7) is 0.154. The molecule has 2 aromatic rings. The molecule has 1 unspecified atom stereocenters. The SMILES string of the molecule is O=C(COc1ccc(CO)cc1)N1CCC(S(=O)(=O)c2ccc(F)cc2)C1. The van der Waals surface area contributed by atoms with Crippen LogP contribution >= 0.6 is 0 Å². The van der Waals surface area contributed by atoms with Crippen LogP contribution in [0.1, 0.15) is 12.0 Å². The lowest BCUT2D eigenvalue weighted by atomic mass is 10.2. The number of ether oxygens (including phenoxy) is 1. The van der Waals surface area contributed by atoms with Crippen LogP contribution in [0.25, 0.3) is 0 Å². The fraction of sp³-hybridized carbons (Fsp3) is 0.316. The number of aliphatic hydroxyl groups excluding tert-OH is 1. The van der Waals surface area contributed by atoms with Gasteiger partial charge in [-0.3, -0.25) is 4.79 Å². The Morgan fingerprint density at radius 3 is 2.44 bits per heavy atom. The molecule has 27 heavy (non-hydrogen) atoms. The molecule has 0 aromatic heterocycles. The number of hydrogen-bond acceptors (Lipinski definition) is 5. The number of amides is 1. The zero-order valence-electron chi connectivity index (χ0n) is 14.5. The van der Waals surface area contributed by atoms with Crippen molar-refractivity contribution in [2.45, 2.75) is 23.2 Å². The van der Waals surface area contributed by atoms with E-state index < -0.39 is 20.9 Å². The van der Waals surface area contributed by atoms with Crippen molar-refractivity contribution in [3.05, 3.63) is 59.9 Å². The highest BCUT2D eigenvalue weighted by Gasteiger charge is 2.36. The summed E-state index contributed by atoms with van der Waals surface area (Å²) in [6.07, 6.45) is 0.330. The molecular weight excluding hydrogens is 373 g/mol. The van der Waals surface area contributed by atoms with Gasteiger partial charge in [0.05, 0.1) is 16.8 Å². The van der Waals surface area contributed by atoms with Crippen molar-refractivity contribution in [2.75, 3.05) is 19.7 Å². The molecular formula is C19H20FNO5S. The number of rotatable bonds is 6. The van der Waals surface area contributed by atoms with Gasteiger partial charge >= 0.3 is 0 Å². The van der Waals surface area contributed by atoms with E-state index >= 15 is 0 Å². The Balaban J connectivity index is 1.58. The van der Waals surface area contributed by atoms with Gasteiger partial charge in [-0.15, -0.1) is 0 Å². The highest BCUT2D eigenvalue weighted by Crippen LogP contribution is 2.24. The van der Waals surface area contributed by atoms with E-state index in [1.54, 1.807) is 24.3 Å². The first-order valence-corrected chi connectivity index (χ1v) is 10.0. The Morgan fingerprint density at radius 2 is 1.81 bits per heavy atom. The van der Waals surface area contributed by atoms with Crippen molar-refractivity contribution >= 4 is 15.7 Å². The van der Waals surface area contributed by atoms with Crippen LogP contribution in [-0.4, -0.2) is 49.3 Å². The molecule has 2 aromatic carbocycles. The van der Waals surface area contributed by atoms with E-state index in [9.17, 15) is 17.6 Å². The molecule has 0 aliphatic carbocycles. The minimum absolute atomic E-state index is 0.0587. The Bertz CT molecular complexity index is 897. The quantitative estimate of drug-likeness (QED) is 0.757. The van der Waals surface area contributed by atoms with E-state index in [1.807, 2.05) is 0 Å². The van der Waals surface area contributed by atoms with E-state index in [2.05, 4.69) is 0 Å². The maximum atomic E-state index is 13.0. The Morgan fingerprint density at radius 1 is 1.15 bits per heavy atom. The number of likely N-dealkylation sites (tertiary alicyclic amines) is 1. The van der Waals surface area contributed by atoms with Crippen molar-refractivity contribution in [3.8, 4) is 5.75 Å². The molecule has 1 amide bonds. The molecule has 3 rings (SSSR count). The number of aliphatic hydroxyl groups is 1. The molecule has 0 bridgehead atoms. The summed E-state index contributed by atoms with van der Waals surface area (Å²) in [4.78, 5) is 13.8. The number of carbonyl (C=O) groups is 1. The van der Waals surface area contributed by atoms with Crippen molar-refractivity contribution in [3.63, 3.8) is 0 Å².